The third-order valence-electron chi connectivity index (χ3n) is 2.72. The first kappa shape index (κ1) is 16.2. The Morgan fingerprint density at radius 1 is 1.47 bits per heavy atom. The van der Waals surface area contributed by atoms with E-state index in [2.05, 4.69) is 0 Å². The first-order chi connectivity index (χ1) is 8.97. The third kappa shape index (κ3) is 4.61. The fourth-order valence-electron chi connectivity index (χ4n) is 1.86. The SMILES string of the molecule is CCC1SCC(C(=O)O)N1C(=O)CCSCC(N)=O. The summed E-state index contributed by atoms with van der Waals surface area (Å²) in [4.78, 5) is 35.3. The zero-order valence-corrected chi connectivity index (χ0v) is 12.3. The molecule has 0 radical (unpaired) electrons. The molecule has 2 unspecified atom stereocenters. The molecule has 0 spiro atoms. The molecule has 2 amide bonds. The summed E-state index contributed by atoms with van der Waals surface area (Å²) in [6.45, 7) is 1.93. The van der Waals surface area contributed by atoms with Gasteiger partial charge in [0.2, 0.25) is 11.8 Å². The molecular weight excluding hydrogens is 288 g/mol. The lowest BCUT2D eigenvalue weighted by Gasteiger charge is -2.26. The average Bonchev–Trinajstić information content (AvgIpc) is 2.77. The van der Waals surface area contributed by atoms with Crippen LogP contribution in [0.3, 0.4) is 0 Å². The number of amides is 2. The minimum Gasteiger partial charge on any atom is -0.480 e. The minimum absolute atomic E-state index is 0.0604. The number of carboxylic acid groups (broad SMARTS) is 1. The lowest BCUT2D eigenvalue weighted by molar-refractivity contribution is -0.148. The third-order valence-corrected chi connectivity index (χ3v) is 5.15. The fourth-order valence-corrected chi connectivity index (χ4v) is 3.90. The van der Waals surface area contributed by atoms with Gasteiger partial charge < -0.3 is 15.7 Å². The second-order valence-electron chi connectivity index (χ2n) is 4.12. The molecule has 0 saturated carbocycles. The van der Waals surface area contributed by atoms with Gasteiger partial charge >= 0.3 is 5.97 Å². The van der Waals surface area contributed by atoms with E-state index >= 15 is 0 Å². The van der Waals surface area contributed by atoms with Gasteiger partial charge in [-0.2, -0.15) is 11.8 Å². The number of hydrogen-bond acceptors (Lipinski definition) is 5. The fraction of sp³-hybridized carbons (Fsp3) is 0.727. The van der Waals surface area contributed by atoms with E-state index in [0.29, 0.717) is 11.5 Å². The van der Waals surface area contributed by atoms with Crippen LogP contribution in [0.2, 0.25) is 0 Å². The van der Waals surface area contributed by atoms with Gasteiger partial charge in [0.25, 0.3) is 0 Å². The number of carbonyl (C=O) groups is 3. The molecule has 0 bridgehead atoms. The lowest BCUT2D eigenvalue weighted by atomic mass is 10.2. The molecule has 1 fully saturated rings. The summed E-state index contributed by atoms with van der Waals surface area (Å²) in [5, 5.41) is 9.06. The number of carboxylic acids is 1. The molecule has 0 aromatic heterocycles. The maximum atomic E-state index is 12.1. The molecule has 3 N–H and O–H groups in total. The summed E-state index contributed by atoms with van der Waals surface area (Å²) in [6, 6.07) is -0.733. The van der Waals surface area contributed by atoms with Crippen LogP contribution in [0.15, 0.2) is 0 Å². The van der Waals surface area contributed by atoms with Crippen molar-refractivity contribution in [1.29, 1.82) is 0 Å². The molecule has 1 aliphatic heterocycles. The predicted octanol–water partition coefficient (Wildman–Crippen LogP) is 0.360. The number of rotatable bonds is 7. The van der Waals surface area contributed by atoms with Crippen LogP contribution in [-0.4, -0.2) is 56.5 Å². The van der Waals surface area contributed by atoms with Crippen LogP contribution in [0.1, 0.15) is 19.8 Å². The predicted molar refractivity (Wildman–Crippen MR) is 75.9 cm³/mol. The largest absolute Gasteiger partial charge is 0.480 e. The van der Waals surface area contributed by atoms with Crippen LogP contribution < -0.4 is 5.73 Å². The van der Waals surface area contributed by atoms with Crippen molar-refractivity contribution in [3.05, 3.63) is 0 Å². The first-order valence-electron chi connectivity index (χ1n) is 5.99. The highest BCUT2D eigenvalue weighted by Gasteiger charge is 2.40. The van der Waals surface area contributed by atoms with E-state index in [1.54, 1.807) is 0 Å². The normalized spacial score (nSPS) is 22.5. The molecule has 1 saturated heterocycles. The molecule has 1 aliphatic rings. The number of carbonyl (C=O) groups excluding carboxylic acids is 2. The van der Waals surface area contributed by atoms with E-state index < -0.39 is 17.9 Å². The Kier molecular flexibility index (Phi) is 6.50. The average molecular weight is 306 g/mol. The summed E-state index contributed by atoms with van der Waals surface area (Å²) in [5.41, 5.74) is 5.00. The van der Waals surface area contributed by atoms with Crippen molar-refractivity contribution in [3.63, 3.8) is 0 Å². The van der Waals surface area contributed by atoms with Crippen LogP contribution in [0.5, 0.6) is 0 Å². The van der Waals surface area contributed by atoms with E-state index in [-0.39, 0.29) is 23.5 Å². The summed E-state index contributed by atoms with van der Waals surface area (Å²) >= 11 is 2.79. The van der Waals surface area contributed by atoms with Crippen LogP contribution in [0.25, 0.3) is 0 Å². The Labute approximate surface area is 120 Å². The monoisotopic (exact) mass is 306 g/mol. The molecule has 2 atom stereocenters. The van der Waals surface area contributed by atoms with Crippen LogP contribution >= 0.6 is 23.5 Å². The van der Waals surface area contributed by atoms with Crippen LogP contribution in [0, 0.1) is 0 Å². The zero-order chi connectivity index (χ0) is 14.4. The second-order valence-corrected chi connectivity index (χ2v) is 6.44. The molecule has 8 heteroatoms. The van der Waals surface area contributed by atoms with Gasteiger partial charge in [-0.25, -0.2) is 4.79 Å². The molecular formula is C11H18N2O4S2. The van der Waals surface area contributed by atoms with Crippen molar-refractivity contribution < 1.29 is 19.5 Å². The summed E-state index contributed by atoms with van der Waals surface area (Å²) in [7, 11) is 0. The van der Waals surface area contributed by atoms with Crippen molar-refractivity contribution in [3.8, 4) is 0 Å². The van der Waals surface area contributed by atoms with E-state index in [9.17, 15) is 14.4 Å². The molecule has 1 heterocycles. The van der Waals surface area contributed by atoms with Gasteiger partial charge in [-0.05, 0) is 6.42 Å². The molecule has 6 nitrogen and oxygen atoms in total. The standard InChI is InChI=1S/C11H18N2O4S2/c1-2-10-13(7(5-19-10)11(16)17)9(15)3-4-18-6-8(12)14/h7,10H,2-6H2,1H3,(H2,12,14)(H,16,17). The van der Waals surface area contributed by atoms with Gasteiger partial charge in [-0.15, -0.1) is 11.8 Å². The van der Waals surface area contributed by atoms with E-state index in [1.165, 1.54) is 28.4 Å². The number of thioether (sulfide) groups is 2. The van der Waals surface area contributed by atoms with Gasteiger partial charge in [0, 0.05) is 17.9 Å². The number of primary amides is 1. The summed E-state index contributed by atoms with van der Waals surface area (Å²) in [5.74, 6) is -0.437. The topological polar surface area (TPSA) is 101 Å². The molecule has 0 aliphatic carbocycles. The summed E-state index contributed by atoms with van der Waals surface area (Å²) in [6.07, 6.45) is 0.966. The van der Waals surface area contributed by atoms with Crippen molar-refractivity contribution in [2.24, 2.45) is 5.73 Å². The van der Waals surface area contributed by atoms with Gasteiger partial charge in [0.15, 0.2) is 0 Å². The molecule has 19 heavy (non-hydrogen) atoms. The van der Waals surface area contributed by atoms with Crippen molar-refractivity contribution in [2.75, 3.05) is 17.3 Å². The maximum absolute atomic E-state index is 12.1. The Hall–Kier alpha value is -0.890. The zero-order valence-electron chi connectivity index (χ0n) is 10.7. The van der Waals surface area contributed by atoms with Gasteiger partial charge in [0.05, 0.1) is 11.1 Å². The van der Waals surface area contributed by atoms with Gasteiger partial charge in [-0.3, -0.25) is 9.59 Å². The van der Waals surface area contributed by atoms with E-state index in [4.69, 9.17) is 10.8 Å². The van der Waals surface area contributed by atoms with Crippen molar-refractivity contribution >= 4 is 41.3 Å². The number of nitrogens with zero attached hydrogens (tertiary/aromatic N) is 1. The quantitative estimate of drug-likeness (QED) is 0.659. The Morgan fingerprint density at radius 2 is 2.16 bits per heavy atom. The lowest BCUT2D eigenvalue weighted by Crippen LogP contribution is -2.45. The highest BCUT2D eigenvalue weighted by molar-refractivity contribution is 8.00. The highest BCUT2D eigenvalue weighted by Crippen LogP contribution is 2.32. The Bertz CT molecular complexity index is 365. The molecule has 0 aromatic carbocycles. The van der Waals surface area contributed by atoms with Crippen molar-refractivity contribution in [2.45, 2.75) is 31.2 Å². The molecule has 108 valence electrons. The first-order valence-corrected chi connectivity index (χ1v) is 8.19. The molecule has 0 aromatic rings. The van der Waals surface area contributed by atoms with Crippen molar-refractivity contribution in [1.82, 2.24) is 4.90 Å². The maximum Gasteiger partial charge on any atom is 0.327 e. The smallest absolute Gasteiger partial charge is 0.327 e. The Balaban J connectivity index is 2.51. The highest BCUT2D eigenvalue weighted by atomic mass is 32.2. The second kappa shape index (κ2) is 7.64. The number of aliphatic carboxylic acids is 1. The van der Waals surface area contributed by atoms with Gasteiger partial charge in [-0.1, -0.05) is 6.92 Å². The Morgan fingerprint density at radius 3 is 2.68 bits per heavy atom. The van der Waals surface area contributed by atoms with E-state index in [0.717, 1.165) is 6.42 Å². The summed E-state index contributed by atoms with van der Waals surface area (Å²) < 4.78 is 0. The van der Waals surface area contributed by atoms with Crippen LogP contribution in [0.4, 0.5) is 0 Å². The number of hydrogen-bond donors (Lipinski definition) is 2. The van der Waals surface area contributed by atoms with E-state index in [1.807, 2.05) is 6.92 Å². The van der Waals surface area contributed by atoms with Gasteiger partial charge in [0.1, 0.15) is 6.04 Å². The number of nitrogens with two attached hydrogens (primary N) is 1. The minimum atomic E-state index is -0.957. The van der Waals surface area contributed by atoms with Crippen LogP contribution in [-0.2, 0) is 14.4 Å². The molecule has 1 rings (SSSR count).